The normalized spacial score (nSPS) is 12.8. The summed E-state index contributed by atoms with van der Waals surface area (Å²) in [4.78, 5) is 0. The molecule has 0 aromatic carbocycles. The van der Waals surface area contributed by atoms with Crippen molar-refractivity contribution >= 4 is 8.07 Å². The van der Waals surface area contributed by atoms with Gasteiger partial charge in [0, 0.05) is 6.42 Å². The van der Waals surface area contributed by atoms with Crippen LogP contribution in [-0.2, 0) is 0 Å². The van der Waals surface area contributed by atoms with Gasteiger partial charge in [-0.15, -0.1) is 11.5 Å². The lowest BCUT2D eigenvalue weighted by atomic mass is 10.2. The van der Waals surface area contributed by atoms with Gasteiger partial charge >= 0.3 is 0 Å². The summed E-state index contributed by atoms with van der Waals surface area (Å²) in [6, 6.07) is 0. The molecule has 0 spiro atoms. The molecule has 74 valence electrons. The number of hydrogen-bond acceptors (Lipinski definition) is 1. The molecule has 0 aliphatic rings. The topological polar surface area (TPSA) is 20.2 Å². The molecular weight excluding hydrogens is 176 g/mol. The molecule has 0 rings (SSSR count). The second-order valence-electron chi connectivity index (χ2n) is 4.57. The second kappa shape index (κ2) is 5.26. The zero-order valence-corrected chi connectivity index (χ0v) is 10.3. The lowest BCUT2D eigenvalue weighted by Gasteiger charge is -2.04. The minimum atomic E-state index is -1.26. The number of rotatable bonds is 2. The first-order chi connectivity index (χ1) is 5.81. The number of aliphatic hydroxyl groups is 1. The molecule has 0 aromatic heterocycles. The van der Waals surface area contributed by atoms with Crippen molar-refractivity contribution in [2.24, 2.45) is 0 Å². The van der Waals surface area contributed by atoms with Gasteiger partial charge in [-0.1, -0.05) is 31.3 Å². The Bertz CT molecular complexity index is 233. The molecule has 0 radical (unpaired) electrons. The molecule has 0 bridgehead atoms. The van der Waals surface area contributed by atoms with Gasteiger partial charge in [-0.25, -0.2) is 0 Å². The molecule has 1 nitrogen and oxygen atoms in total. The van der Waals surface area contributed by atoms with Crippen LogP contribution >= 0.6 is 0 Å². The van der Waals surface area contributed by atoms with Crippen LogP contribution in [0.2, 0.25) is 19.6 Å². The molecule has 0 fully saturated rings. The highest BCUT2D eigenvalue weighted by atomic mass is 28.3. The summed E-state index contributed by atoms with van der Waals surface area (Å²) in [5, 5.41) is 9.45. The van der Waals surface area contributed by atoms with E-state index in [1.54, 1.807) is 0 Å². The highest BCUT2D eigenvalue weighted by Gasteiger charge is 2.07. The molecule has 0 amide bonds. The maximum Gasteiger partial charge on any atom is 0.129 e. The summed E-state index contributed by atoms with van der Waals surface area (Å²) in [6.07, 6.45) is 2.02. The quantitative estimate of drug-likeness (QED) is 0.409. The van der Waals surface area contributed by atoms with Crippen molar-refractivity contribution in [3.63, 3.8) is 0 Å². The van der Waals surface area contributed by atoms with Crippen molar-refractivity contribution in [3.05, 3.63) is 11.6 Å². The molecule has 0 aromatic rings. The van der Waals surface area contributed by atoms with Gasteiger partial charge in [0.1, 0.15) is 8.07 Å². The van der Waals surface area contributed by atoms with Crippen molar-refractivity contribution < 1.29 is 5.11 Å². The lowest BCUT2D eigenvalue weighted by Crippen LogP contribution is -2.16. The van der Waals surface area contributed by atoms with Gasteiger partial charge in [0.05, 0.1) is 6.10 Å². The van der Waals surface area contributed by atoms with E-state index in [4.69, 9.17) is 0 Å². The standard InChI is InChI=1S/C11H20OSi/c1-10(2)9-11(12)7-6-8-13(3,4)5/h9,11-12H,7H2,1-5H3/t11-/m1/s1. The van der Waals surface area contributed by atoms with Gasteiger partial charge in [0.2, 0.25) is 0 Å². The third kappa shape index (κ3) is 9.39. The summed E-state index contributed by atoms with van der Waals surface area (Å²) in [5.41, 5.74) is 4.37. The van der Waals surface area contributed by atoms with Gasteiger partial charge in [0.25, 0.3) is 0 Å². The average molecular weight is 196 g/mol. The first-order valence-corrected chi connectivity index (χ1v) is 8.14. The molecule has 1 atom stereocenters. The van der Waals surface area contributed by atoms with E-state index in [0.717, 1.165) is 5.57 Å². The molecule has 0 unspecified atom stereocenters. The van der Waals surface area contributed by atoms with Crippen LogP contribution in [0.5, 0.6) is 0 Å². The van der Waals surface area contributed by atoms with Crippen LogP contribution in [0, 0.1) is 11.5 Å². The minimum absolute atomic E-state index is 0.395. The zero-order valence-electron chi connectivity index (χ0n) is 9.31. The Morgan fingerprint density at radius 2 is 1.92 bits per heavy atom. The molecule has 0 heterocycles. The van der Waals surface area contributed by atoms with E-state index in [-0.39, 0.29) is 0 Å². The molecule has 13 heavy (non-hydrogen) atoms. The maximum absolute atomic E-state index is 9.45. The fraction of sp³-hybridized carbons (Fsp3) is 0.636. The molecular formula is C11H20OSi. The molecule has 0 aliphatic carbocycles. The highest BCUT2D eigenvalue weighted by molar-refractivity contribution is 6.83. The van der Waals surface area contributed by atoms with E-state index in [0.29, 0.717) is 6.42 Å². The second-order valence-corrected chi connectivity index (χ2v) is 9.32. The Kier molecular flexibility index (Phi) is 5.05. The summed E-state index contributed by atoms with van der Waals surface area (Å²) < 4.78 is 0. The van der Waals surface area contributed by atoms with Crippen molar-refractivity contribution in [1.82, 2.24) is 0 Å². The van der Waals surface area contributed by atoms with Gasteiger partial charge in [-0.2, -0.15) is 0 Å². The highest BCUT2D eigenvalue weighted by Crippen LogP contribution is 2.00. The molecule has 2 heteroatoms. The predicted octanol–water partition coefficient (Wildman–Crippen LogP) is 2.58. The molecule has 0 aliphatic heterocycles. The van der Waals surface area contributed by atoms with Crippen LogP contribution in [0.1, 0.15) is 20.3 Å². The molecule has 1 N–H and O–H groups in total. The number of hydrogen-bond donors (Lipinski definition) is 1. The fourth-order valence-corrected chi connectivity index (χ4v) is 1.50. The van der Waals surface area contributed by atoms with Gasteiger partial charge in [-0.05, 0) is 13.8 Å². The van der Waals surface area contributed by atoms with E-state index < -0.39 is 14.2 Å². The first kappa shape index (κ1) is 12.5. The fourth-order valence-electron chi connectivity index (χ4n) is 0.864. The van der Waals surface area contributed by atoms with Crippen LogP contribution in [0.15, 0.2) is 11.6 Å². The van der Waals surface area contributed by atoms with Gasteiger partial charge in [0.15, 0.2) is 0 Å². The van der Waals surface area contributed by atoms with Gasteiger partial charge in [-0.3, -0.25) is 0 Å². The first-order valence-electron chi connectivity index (χ1n) is 4.64. The summed E-state index contributed by atoms with van der Waals surface area (Å²) in [7, 11) is -1.26. The summed E-state index contributed by atoms with van der Waals surface area (Å²) in [5.74, 6) is 3.05. The Labute approximate surface area is 82.9 Å². The SMILES string of the molecule is CC(C)=C[C@H](O)CC#C[Si](C)(C)C. The zero-order chi connectivity index (χ0) is 10.5. The van der Waals surface area contributed by atoms with E-state index in [1.807, 2.05) is 19.9 Å². The number of aliphatic hydroxyl groups excluding tert-OH is 1. The largest absolute Gasteiger partial charge is 0.388 e. The average Bonchev–Trinajstić information content (AvgIpc) is 1.81. The van der Waals surface area contributed by atoms with Crippen LogP contribution in [0.3, 0.4) is 0 Å². The predicted molar refractivity (Wildman–Crippen MR) is 61.2 cm³/mol. The van der Waals surface area contributed by atoms with E-state index >= 15 is 0 Å². The Morgan fingerprint density at radius 1 is 1.38 bits per heavy atom. The lowest BCUT2D eigenvalue weighted by molar-refractivity contribution is 0.228. The van der Waals surface area contributed by atoms with Crippen LogP contribution in [0.4, 0.5) is 0 Å². The van der Waals surface area contributed by atoms with Crippen LogP contribution < -0.4 is 0 Å². The van der Waals surface area contributed by atoms with Crippen molar-refractivity contribution in [1.29, 1.82) is 0 Å². The smallest absolute Gasteiger partial charge is 0.129 e. The maximum atomic E-state index is 9.45. The Morgan fingerprint density at radius 3 is 2.31 bits per heavy atom. The van der Waals surface area contributed by atoms with Crippen molar-refractivity contribution in [3.8, 4) is 11.5 Å². The third-order valence-corrected chi connectivity index (χ3v) is 2.23. The third-order valence-electron chi connectivity index (χ3n) is 1.30. The number of allylic oxidation sites excluding steroid dienone is 1. The Hall–Kier alpha value is -0.523. The van der Waals surface area contributed by atoms with Crippen molar-refractivity contribution in [2.75, 3.05) is 0 Å². The van der Waals surface area contributed by atoms with E-state index in [1.165, 1.54) is 0 Å². The van der Waals surface area contributed by atoms with E-state index in [9.17, 15) is 5.11 Å². The Balaban J connectivity index is 4.01. The van der Waals surface area contributed by atoms with E-state index in [2.05, 4.69) is 31.1 Å². The molecule has 0 saturated heterocycles. The molecule has 0 saturated carbocycles. The summed E-state index contributed by atoms with van der Waals surface area (Å²) in [6.45, 7) is 10.6. The monoisotopic (exact) mass is 196 g/mol. The van der Waals surface area contributed by atoms with Crippen LogP contribution in [-0.4, -0.2) is 19.3 Å². The van der Waals surface area contributed by atoms with Crippen LogP contribution in [0.25, 0.3) is 0 Å². The van der Waals surface area contributed by atoms with Gasteiger partial charge < -0.3 is 5.11 Å². The van der Waals surface area contributed by atoms with Crippen molar-refractivity contribution in [2.45, 2.75) is 46.0 Å². The minimum Gasteiger partial charge on any atom is -0.388 e. The summed E-state index contributed by atoms with van der Waals surface area (Å²) >= 11 is 0.